The predicted octanol–water partition coefficient (Wildman–Crippen LogP) is 5.05. The van der Waals surface area contributed by atoms with Crippen molar-refractivity contribution in [2.45, 2.75) is 77.7 Å². The van der Waals surface area contributed by atoms with Crippen LogP contribution < -0.4 is 0 Å². The van der Waals surface area contributed by atoms with E-state index in [2.05, 4.69) is 32.8 Å². The van der Waals surface area contributed by atoms with Gasteiger partial charge in [0, 0.05) is 6.04 Å². The van der Waals surface area contributed by atoms with E-state index in [1.165, 1.54) is 57.8 Å². The van der Waals surface area contributed by atoms with Gasteiger partial charge in [0.1, 0.15) is 0 Å². The normalized spacial score (nSPS) is 12.6. The summed E-state index contributed by atoms with van der Waals surface area (Å²) in [6, 6.07) is 0.755. The van der Waals surface area contributed by atoms with E-state index in [0.29, 0.717) is 0 Å². The van der Waals surface area contributed by atoms with Gasteiger partial charge in [0.25, 0.3) is 0 Å². The van der Waals surface area contributed by atoms with Gasteiger partial charge >= 0.3 is 0 Å². The first kappa shape index (κ1) is 18.8. The maximum atomic E-state index is 2.32. The van der Waals surface area contributed by atoms with Crippen LogP contribution in [0.4, 0.5) is 0 Å². The van der Waals surface area contributed by atoms with Crippen LogP contribution in [0, 0.1) is 0 Å². The Hall–Kier alpha value is 0.440. The molecule has 0 aromatic heterocycles. The largest absolute Gasteiger partial charge is 0.307 e. The van der Waals surface area contributed by atoms with Crippen LogP contribution >= 0.6 is 17.0 Å². The first-order chi connectivity index (χ1) is 7.18. The van der Waals surface area contributed by atoms with Crippen LogP contribution in [0.25, 0.3) is 0 Å². The maximum absolute atomic E-state index is 2.32. The van der Waals surface area contributed by atoms with Gasteiger partial charge in [0.15, 0.2) is 0 Å². The summed E-state index contributed by atoms with van der Waals surface area (Å²) in [6.07, 6.45) is 12.8. The Bertz CT molecular complexity index is 126. The van der Waals surface area contributed by atoms with Crippen LogP contribution in [0.3, 0.4) is 0 Å². The number of rotatable bonds is 10. The molecule has 0 fully saturated rings. The zero-order valence-electron chi connectivity index (χ0n) is 11.8. The Labute approximate surface area is 114 Å². The van der Waals surface area contributed by atoms with Gasteiger partial charge in [-0.3, -0.25) is 0 Å². The molecule has 1 atom stereocenters. The molecule has 0 N–H and O–H groups in total. The molecule has 0 amide bonds. The van der Waals surface area contributed by atoms with Crippen LogP contribution in [0.2, 0.25) is 0 Å². The monoisotopic (exact) mass is 293 g/mol. The van der Waals surface area contributed by atoms with Crippen molar-refractivity contribution in [3.05, 3.63) is 0 Å². The van der Waals surface area contributed by atoms with Crippen molar-refractivity contribution in [3.63, 3.8) is 0 Å². The SMILES string of the molecule is Br.CCCCCCCCCCC(C)N(C)C. The van der Waals surface area contributed by atoms with Gasteiger partial charge in [-0.25, -0.2) is 0 Å². The minimum absolute atomic E-state index is 0. The Balaban J connectivity index is 0. The molecule has 0 aliphatic carbocycles. The zero-order chi connectivity index (χ0) is 11.5. The van der Waals surface area contributed by atoms with Crippen molar-refractivity contribution in [1.82, 2.24) is 4.90 Å². The third-order valence-corrected chi connectivity index (χ3v) is 3.36. The van der Waals surface area contributed by atoms with E-state index in [0.717, 1.165) is 6.04 Å². The Morgan fingerprint density at radius 3 is 1.69 bits per heavy atom. The van der Waals surface area contributed by atoms with Crippen molar-refractivity contribution in [2.24, 2.45) is 0 Å². The molecule has 0 bridgehead atoms. The second-order valence-corrected chi connectivity index (χ2v) is 5.08. The molecule has 1 unspecified atom stereocenters. The van der Waals surface area contributed by atoms with Gasteiger partial charge in [0.2, 0.25) is 0 Å². The van der Waals surface area contributed by atoms with E-state index < -0.39 is 0 Å². The molecule has 0 aliphatic rings. The van der Waals surface area contributed by atoms with Crippen LogP contribution in [0.1, 0.15) is 71.6 Å². The number of hydrogen-bond donors (Lipinski definition) is 0. The molecule has 100 valence electrons. The molecule has 1 nitrogen and oxygen atoms in total. The van der Waals surface area contributed by atoms with E-state index in [1.54, 1.807) is 0 Å². The third-order valence-electron chi connectivity index (χ3n) is 3.36. The van der Waals surface area contributed by atoms with Crippen LogP contribution in [0.5, 0.6) is 0 Å². The first-order valence-electron chi connectivity index (χ1n) is 6.85. The quantitative estimate of drug-likeness (QED) is 0.510. The van der Waals surface area contributed by atoms with Gasteiger partial charge in [-0.1, -0.05) is 58.3 Å². The highest BCUT2D eigenvalue weighted by atomic mass is 79.9. The minimum atomic E-state index is 0. The van der Waals surface area contributed by atoms with Crippen LogP contribution in [0.15, 0.2) is 0 Å². The molecule has 0 radical (unpaired) electrons. The number of unbranched alkanes of at least 4 members (excludes halogenated alkanes) is 7. The smallest absolute Gasteiger partial charge is 0.00608 e. The molecular weight excluding hydrogens is 262 g/mol. The van der Waals surface area contributed by atoms with Gasteiger partial charge in [-0.05, 0) is 27.4 Å². The van der Waals surface area contributed by atoms with Crippen molar-refractivity contribution in [1.29, 1.82) is 0 Å². The Kier molecular flexibility index (Phi) is 15.9. The second-order valence-electron chi connectivity index (χ2n) is 5.08. The highest BCUT2D eigenvalue weighted by molar-refractivity contribution is 8.93. The molecule has 0 rings (SSSR count). The standard InChI is InChI=1S/C14H31N.BrH/c1-5-6-7-8-9-10-11-12-13-14(2)15(3)4;/h14H,5-13H2,1-4H3;1H. The lowest BCUT2D eigenvalue weighted by atomic mass is 10.1. The molecule has 0 aromatic rings. The van der Waals surface area contributed by atoms with E-state index in [1.807, 2.05) is 0 Å². The number of hydrogen-bond acceptors (Lipinski definition) is 1. The molecule has 0 saturated heterocycles. The molecule has 0 saturated carbocycles. The average Bonchev–Trinajstić information content (AvgIpc) is 2.21. The lowest BCUT2D eigenvalue weighted by Gasteiger charge is -2.19. The number of nitrogens with zero attached hydrogens (tertiary/aromatic N) is 1. The lowest BCUT2D eigenvalue weighted by Crippen LogP contribution is -2.24. The predicted molar refractivity (Wildman–Crippen MR) is 80.7 cm³/mol. The zero-order valence-corrected chi connectivity index (χ0v) is 13.5. The highest BCUT2D eigenvalue weighted by Gasteiger charge is 2.02. The summed E-state index contributed by atoms with van der Waals surface area (Å²) in [5.74, 6) is 0. The summed E-state index contributed by atoms with van der Waals surface area (Å²) in [4.78, 5) is 2.32. The third kappa shape index (κ3) is 12.5. The molecule has 16 heavy (non-hydrogen) atoms. The molecule has 0 aromatic carbocycles. The maximum Gasteiger partial charge on any atom is 0.00608 e. The fourth-order valence-electron chi connectivity index (χ4n) is 1.83. The van der Waals surface area contributed by atoms with E-state index in [9.17, 15) is 0 Å². The van der Waals surface area contributed by atoms with Crippen LogP contribution in [-0.4, -0.2) is 25.0 Å². The van der Waals surface area contributed by atoms with E-state index in [-0.39, 0.29) is 17.0 Å². The van der Waals surface area contributed by atoms with Gasteiger partial charge < -0.3 is 4.90 Å². The topological polar surface area (TPSA) is 3.24 Å². The summed E-state index contributed by atoms with van der Waals surface area (Å²) in [7, 11) is 4.35. The van der Waals surface area contributed by atoms with Crippen molar-refractivity contribution in [3.8, 4) is 0 Å². The number of halogens is 1. The molecule has 0 spiro atoms. The Morgan fingerprint density at radius 2 is 1.25 bits per heavy atom. The van der Waals surface area contributed by atoms with Crippen molar-refractivity contribution >= 4 is 17.0 Å². The first-order valence-corrected chi connectivity index (χ1v) is 6.85. The van der Waals surface area contributed by atoms with E-state index >= 15 is 0 Å². The Morgan fingerprint density at radius 1 is 0.812 bits per heavy atom. The molecular formula is C14H32BrN. The summed E-state index contributed by atoms with van der Waals surface area (Å²) in [5.41, 5.74) is 0. The van der Waals surface area contributed by atoms with Crippen molar-refractivity contribution in [2.75, 3.05) is 14.1 Å². The van der Waals surface area contributed by atoms with Gasteiger partial charge in [0.05, 0.1) is 0 Å². The molecule has 0 aliphatic heterocycles. The second kappa shape index (κ2) is 13.5. The highest BCUT2D eigenvalue weighted by Crippen LogP contribution is 2.11. The summed E-state index contributed by atoms with van der Waals surface area (Å²) in [6.45, 7) is 4.60. The van der Waals surface area contributed by atoms with E-state index in [4.69, 9.17) is 0 Å². The van der Waals surface area contributed by atoms with Gasteiger partial charge in [-0.2, -0.15) is 0 Å². The molecule has 0 heterocycles. The summed E-state index contributed by atoms with van der Waals surface area (Å²) in [5, 5.41) is 0. The lowest BCUT2D eigenvalue weighted by molar-refractivity contribution is 0.291. The fourth-order valence-corrected chi connectivity index (χ4v) is 1.83. The van der Waals surface area contributed by atoms with Gasteiger partial charge in [-0.15, -0.1) is 17.0 Å². The van der Waals surface area contributed by atoms with Crippen LogP contribution in [-0.2, 0) is 0 Å². The minimum Gasteiger partial charge on any atom is -0.307 e. The fraction of sp³-hybridized carbons (Fsp3) is 1.00. The summed E-state index contributed by atoms with van der Waals surface area (Å²) < 4.78 is 0. The average molecular weight is 294 g/mol. The molecule has 2 heteroatoms. The van der Waals surface area contributed by atoms with Crippen molar-refractivity contribution < 1.29 is 0 Å². The summed E-state index contributed by atoms with van der Waals surface area (Å²) >= 11 is 0.